The van der Waals surface area contributed by atoms with Crippen molar-refractivity contribution in [2.75, 3.05) is 18.4 Å². The summed E-state index contributed by atoms with van der Waals surface area (Å²) in [4.78, 5) is 42.8. The Morgan fingerprint density at radius 2 is 1.76 bits per heavy atom. The molecule has 34 heavy (non-hydrogen) atoms. The van der Waals surface area contributed by atoms with Crippen molar-refractivity contribution >= 4 is 46.2 Å². The van der Waals surface area contributed by atoms with Crippen LogP contribution in [0, 0.1) is 0 Å². The van der Waals surface area contributed by atoms with Crippen LogP contribution < -0.4 is 5.32 Å². The van der Waals surface area contributed by atoms with Gasteiger partial charge < -0.3 is 15.0 Å². The molecule has 8 heteroatoms. The van der Waals surface area contributed by atoms with Gasteiger partial charge in [-0.1, -0.05) is 41.9 Å². The summed E-state index contributed by atoms with van der Waals surface area (Å²) < 4.78 is 0. The number of aromatic nitrogens is 1. The summed E-state index contributed by atoms with van der Waals surface area (Å²) in [5, 5.41) is 6.37. The maximum absolute atomic E-state index is 12.9. The number of anilines is 1. The number of rotatable bonds is 7. The third kappa shape index (κ3) is 5.90. The Hall–Kier alpha value is -3.03. The average molecular weight is 496 g/mol. The van der Waals surface area contributed by atoms with Crippen molar-refractivity contribution in [2.24, 2.45) is 0 Å². The Balaban J connectivity index is 1.38. The summed E-state index contributed by atoms with van der Waals surface area (Å²) in [6.45, 7) is 2.81. The van der Waals surface area contributed by atoms with E-state index < -0.39 is 0 Å². The van der Waals surface area contributed by atoms with Gasteiger partial charge in [-0.15, -0.1) is 11.3 Å². The van der Waals surface area contributed by atoms with Crippen molar-refractivity contribution < 1.29 is 14.4 Å². The molecule has 0 saturated carbocycles. The Labute approximate surface area is 208 Å². The Kier molecular flexibility index (Phi) is 7.75. The summed E-state index contributed by atoms with van der Waals surface area (Å²) >= 11 is 7.50. The second-order valence-corrected chi connectivity index (χ2v) is 9.76. The van der Waals surface area contributed by atoms with Gasteiger partial charge in [-0.05, 0) is 43.5 Å². The number of nitrogens with one attached hydrogen (secondary N) is 1. The highest BCUT2D eigenvalue weighted by Gasteiger charge is 2.26. The lowest BCUT2D eigenvalue weighted by molar-refractivity contribution is -0.133. The van der Waals surface area contributed by atoms with Crippen molar-refractivity contribution in [1.29, 1.82) is 0 Å². The first-order chi connectivity index (χ1) is 16.4. The van der Waals surface area contributed by atoms with Gasteiger partial charge in [-0.2, -0.15) is 0 Å². The van der Waals surface area contributed by atoms with E-state index in [1.807, 2.05) is 53.4 Å². The zero-order chi connectivity index (χ0) is 24.1. The summed E-state index contributed by atoms with van der Waals surface area (Å²) in [7, 11) is 0. The van der Waals surface area contributed by atoms with Gasteiger partial charge in [0.05, 0.1) is 5.01 Å². The number of likely N-dealkylation sites (tertiary alicyclic amines) is 1. The molecule has 0 atom stereocenters. The molecule has 176 valence electrons. The molecule has 1 aliphatic rings. The minimum atomic E-state index is -0.249. The number of carbonyl (C=O) groups excluding carboxylic acids is 3. The van der Waals surface area contributed by atoms with E-state index in [9.17, 15) is 14.4 Å². The number of hydrogen-bond acceptors (Lipinski definition) is 5. The summed E-state index contributed by atoms with van der Waals surface area (Å²) in [5.41, 5.74) is 2.97. The van der Waals surface area contributed by atoms with Crippen LogP contribution in [0.15, 0.2) is 53.9 Å². The van der Waals surface area contributed by atoms with Crippen LogP contribution >= 0.6 is 22.9 Å². The quantitative estimate of drug-likeness (QED) is 0.450. The SMILES string of the molecule is CC(=O)CCC(=O)N1CCC(c2nc(C(=O)Nc3ccccc3-c3ccc(Cl)cc3)cs2)CC1. The van der Waals surface area contributed by atoms with Crippen LogP contribution in [0.5, 0.6) is 0 Å². The predicted octanol–water partition coefficient (Wildman–Crippen LogP) is 5.79. The number of halogens is 1. The molecular weight excluding hydrogens is 470 g/mol. The smallest absolute Gasteiger partial charge is 0.275 e. The molecule has 1 aromatic heterocycles. The standard InChI is InChI=1S/C26H26ClN3O3S/c1-17(31)6-11-24(32)30-14-12-19(13-15-30)26-29-23(16-34-26)25(33)28-22-5-3-2-4-21(22)18-7-9-20(27)10-8-18/h2-5,7-10,16,19H,6,11-15H2,1H3,(H,28,33). The average Bonchev–Trinajstić information content (AvgIpc) is 3.34. The van der Waals surface area contributed by atoms with Gasteiger partial charge in [0, 0.05) is 53.5 Å². The summed E-state index contributed by atoms with van der Waals surface area (Å²) in [6, 6.07) is 15.1. The molecule has 1 N–H and O–H groups in total. The minimum Gasteiger partial charge on any atom is -0.343 e. The maximum atomic E-state index is 12.9. The third-order valence-corrected chi connectivity index (χ3v) is 7.23. The van der Waals surface area contributed by atoms with E-state index in [-0.39, 0.29) is 29.9 Å². The number of Topliss-reactive ketones (excluding diaryl/α,β-unsaturated/α-hetero) is 1. The van der Waals surface area contributed by atoms with Crippen molar-refractivity contribution in [2.45, 2.75) is 38.5 Å². The van der Waals surface area contributed by atoms with Gasteiger partial charge in [0.15, 0.2) is 0 Å². The number of carbonyl (C=O) groups is 3. The Bertz CT molecular complexity index is 1180. The fourth-order valence-electron chi connectivity index (χ4n) is 4.06. The highest BCUT2D eigenvalue weighted by atomic mass is 35.5. The van der Waals surface area contributed by atoms with Gasteiger partial charge in [-0.25, -0.2) is 4.98 Å². The van der Waals surface area contributed by atoms with Crippen LogP contribution in [0.4, 0.5) is 5.69 Å². The Morgan fingerprint density at radius 1 is 1.06 bits per heavy atom. The lowest BCUT2D eigenvalue weighted by atomic mass is 9.97. The number of thiazole rings is 1. The molecule has 0 spiro atoms. The van der Waals surface area contributed by atoms with Crippen LogP contribution in [0.2, 0.25) is 5.02 Å². The topological polar surface area (TPSA) is 79.4 Å². The first kappa shape index (κ1) is 24.1. The number of piperidine rings is 1. The molecule has 0 bridgehead atoms. The fraction of sp³-hybridized carbons (Fsp3) is 0.308. The van der Waals surface area contributed by atoms with Crippen molar-refractivity contribution in [3.63, 3.8) is 0 Å². The van der Waals surface area contributed by atoms with E-state index >= 15 is 0 Å². The van der Waals surface area contributed by atoms with Gasteiger partial charge in [0.1, 0.15) is 11.5 Å². The van der Waals surface area contributed by atoms with Crippen LogP contribution in [0.25, 0.3) is 11.1 Å². The predicted molar refractivity (Wildman–Crippen MR) is 135 cm³/mol. The van der Waals surface area contributed by atoms with Gasteiger partial charge in [0.2, 0.25) is 5.91 Å². The number of benzene rings is 2. The fourth-order valence-corrected chi connectivity index (χ4v) is 5.15. The molecule has 2 heterocycles. The second kappa shape index (κ2) is 10.9. The zero-order valence-electron chi connectivity index (χ0n) is 18.9. The number of ketones is 1. The van der Waals surface area contributed by atoms with Gasteiger partial charge >= 0.3 is 0 Å². The maximum Gasteiger partial charge on any atom is 0.275 e. The lowest BCUT2D eigenvalue weighted by Gasteiger charge is -2.31. The molecular formula is C26H26ClN3O3S. The van der Waals surface area contributed by atoms with E-state index in [4.69, 9.17) is 11.6 Å². The number of amides is 2. The van der Waals surface area contributed by atoms with Crippen molar-refractivity contribution in [3.8, 4) is 11.1 Å². The molecule has 0 radical (unpaired) electrons. The molecule has 0 aliphatic carbocycles. The van der Waals surface area contributed by atoms with Crippen LogP contribution in [-0.2, 0) is 9.59 Å². The van der Waals surface area contributed by atoms with Gasteiger partial charge in [-0.3, -0.25) is 9.59 Å². The lowest BCUT2D eigenvalue weighted by Crippen LogP contribution is -2.38. The number of para-hydroxylation sites is 1. The normalized spacial score (nSPS) is 14.1. The Morgan fingerprint density at radius 3 is 2.47 bits per heavy atom. The van der Waals surface area contributed by atoms with Crippen molar-refractivity contribution in [3.05, 3.63) is 69.6 Å². The molecule has 1 saturated heterocycles. The van der Waals surface area contributed by atoms with Crippen LogP contribution in [0.3, 0.4) is 0 Å². The molecule has 3 aromatic rings. The zero-order valence-corrected chi connectivity index (χ0v) is 20.5. The van der Waals surface area contributed by atoms with E-state index in [0.29, 0.717) is 35.9 Å². The van der Waals surface area contributed by atoms with Crippen molar-refractivity contribution in [1.82, 2.24) is 9.88 Å². The molecule has 2 aromatic carbocycles. The summed E-state index contributed by atoms with van der Waals surface area (Å²) in [6.07, 6.45) is 2.18. The van der Waals surface area contributed by atoms with Crippen LogP contribution in [-0.4, -0.2) is 40.6 Å². The molecule has 4 rings (SSSR count). The molecule has 1 aliphatic heterocycles. The largest absolute Gasteiger partial charge is 0.343 e. The second-order valence-electron chi connectivity index (χ2n) is 8.43. The van der Waals surface area contributed by atoms with Crippen LogP contribution in [0.1, 0.15) is 54.0 Å². The van der Waals surface area contributed by atoms with E-state index in [2.05, 4.69) is 10.3 Å². The first-order valence-corrected chi connectivity index (χ1v) is 12.6. The number of nitrogens with zero attached hydrogens (tertiary/aromatic N) is 2. The highest BCUT2D eigenvalue weighted by molar-refractivity contribution is 7.10. The summed E-state index contributed by atoms with van der Waals surface area (Å²) in [5.74, 6) is 0.0466. The molecule has 0 unspecified atom stereocenters. The van der Waals surface area contributed by atoms with E-state index in [0.717, 1.165) is 29.0 Å². The minimum absolute atomic E-state index is 0.0345. The molecule has 2 amide bonds. The monoisotopic (exact) mass is 495 g/mol. The highest BCUT2D eigenvalue weighted by Crippen LogP contribution is 2.32. The molecule has 1 fully saturated rings. The van der Waals surface area contributed by atoms with Gasteiger partial charge in [0.25, 0.3) is 5.91 Å². The van der Waals surface area contributed by atoms with E-state index in [1.54, 1.807) is 5.38 Å². The first-order valence-electron chi connectivity index (χ1n) is 11.3. The van der Waals surface area contributed by atoms with E-state index in [1.165, 1.54) is 18.3 Å². The number of hydrogen-bond donors (Lipinski definition) is 1. The third-order valence-electron chi connectivity index (χ3n) is 5.97. The molecule has 6 nitrogen and oxygen atoms in total.